The highest BCUT2D eigenvalue weighted by Gasteiger charge is 2.20. The number of carboxylic acids is 1. The number of hydrogen-bond acceptors (Lipinski definition) is 4. The van der Waals surface area contributed by atoms with Crippen molar-refractivity contribution in [3.8, 4) is 0 Å². The fraction of sp³-hybridized carbons (Fsp3) is 0.154. The molecule has 0 bridgehead atoms. The third-order valence-corrected chi connectivity index (χ3v) is 5.79. The number of benzene rings is 1. The molecule has 0 radical (unpaired) electrons. The van der Waals surface area contributed by atoms with Crippen LogP contribution in [0.2, 0.25) is 0 Å². The minimum Gasteiger partial charge on any atom is -0.477 e. The molecule has 0 saturated carbocycles. The van der Waals surface area contributed by atoms with Gasteiger partial charge >= 0.3 is 5.97 Å². The van der Waals surface area contributed by atoms with Gasteiger partial charge in [0.05, 0.1) is 10.6 Å². The Kier molecular flexibility index (Phi) is 4.40. The Labute approximate surface area is 134 Å². The van der Waals surface area contributed by atoms with Crippen LogP contribution in [0.3, 0.4) is 0 Å². The number of sulfonamides is 1. The molecule has 8 heteroatoms. The number of halogens is 1. The third kappa shape index (κ3) is 3.45. The van der Waals surface area contributed by atoms with Gasteiger partial charge in [-0.1, -0.05) is 6.07 Å². The lowest BCUT2D eigenvalue weighted by atomic mass is 10.1. The van der Waals surface area contributed by atoms with Gasteiger partial charge in [0.25, 0.3) is 10.0 Å². The molecule has 0 unspecified atom stereocenters. The number of nitrogens with one attached hydrogen (secondary N) is 1. The van der Waals surface area contributed by atoms with Gasteiger partial charge in [-0.25, -0.2) is 13.2 Å². The lowest BCUT2D eigenvalue weighted by molar-refractivity contribution is 0.0702. The molecule has 0 atom stereocenters. The zero-order valence-corrected chi connectivity index (χ0v) is 14.4. The molecule has 0 aliphatic carbocycles. The Morgan fingerprint density at radius 1 is 1.29 bits per heavy atom. The quantitative estimate of drug-likeness (QED) is 0.835. The average molecular weight is 390 g/mol. The maximum Gasteiger partial charge on any atom is 0.345 e. The second-order valence-electron chi connectivity index (χ2n) is 4.50. The maximum absolute atomic E-state index is 12.3. The molecule has 0 saturated heterocycles. The topological polar surface area (TPSA) is 83.5 Å². The molecule has 1 aromatic carbocycles. The normalized spacial score (nSPS) is 11.4. The van der Waals surface area contributed by atoms with E-state index < -0.39 is 16.0 Å². The smallest absolute Gasteiger partial charge is 0.345 e. The highest BCUT2D eigenvalue weighted by Crippen LogP contribution is 2.30. The summed E-state index contributed by atoms with van der Waals surface area (Å²) < 4.78 is 27.7. The van der Waals surface area contributed by atoms with Crippen molar-refractivity contribution in [3.63, 3.8) is 0 Å². The highest BCUT2D eigenvalue weighted by atomic mass is 79.9. The van der Waals surface area contributed by atoms with Gasteiger partial charge in [-0.15, -0.1) is 11.3 Å². The van der Waals surface area contributed by atoms with Crippen LogP contribution in [0.4, 0.5) is 5.69 Å². The van der Waals surface area contributed by atoms with Crippen molar-refractivity contribution in [3.05, 3.63) is 44.1 Å². The monoisotopic (exact) mass is 389 g/mol. The first-order valence-electron chi connectivity index (χ1n) is 5.82. The van der Waals surface area contributed by atoms with E-state index in [2.05, 4.69) is 20.7 Å². The van der Waals surface area contributed by atoms with Crippen molar-refractivity contribution in [2.75, 3.05) is 4.72 Å². The van der Waals surface area contributed by atoms with Crippen LogP contribution in [0.5, 0.6) is 0 Å². The fourth-order valence-electron chi connectivity index (χ4n) is 1.81. The van der Waals surface area contributed by atoms with Crippen LogP contribution >= 0.6 is 27.3 Å². The molecule has 0 aliphatic rings. The first kappa shape index (κ1) is 16.0. The Balaban J connectivity index is 2.40. The van der Waals surface area contributed by atoms with Crippen LogP contribution < -0.4 is 4.72 Å². The molecule has 112 valence electrons. The van der Waals surface area contributed by atoms with E-state index >= 15 is 0 Å². The lowest BCUT2D eigenvalue weighted by Gasteiger charge is -2.12. The molecule has 1 heterocycles. The fourth-order valence-corrected chi connectivity index (χ4v) is 4.98. The average Bonchev–Trinajstić information content (AvgIpc) is 2.84. The van der Waals surface area contributed by atoms with E-state index in [1.54, 1.807) is 13.0 Å². The van der Waals surface area contributed by atoms with Crippen LogP contribution in [0, 0.1) is 13.8 Å². The summed E-state index contributed by atoms with van der Waals surface area (Å²) in [5, 5.41) is 10.2. The summed E-state index contributed by atoms with van der Waals surface area (Å²) in [5.74, 6) is -1.14. The molecule has 2 N–H and O–H groups in total. The Morgan fingerprint density at radius 3 is 2.48 bits per heavy atom. The largest absolute Gasteiger partial charge is 0.477 e. The molecule has 5 nitrogen and oxygen atoms in total. The third-order valence-electron chi connectivity index (χ3n) is 2.76. The van der Waals surface area contributed by atoms with Crippen molar-refractivity contribution in [1.82, 2.24) is 0 Å². The van der Waals surface area contributed by atoms with E-state index in [0.29, 0.717) is 10.2 Å². The molecule has 0 aliphatic heterocycles. The van der Waals surface area contributed by atoms with E-state index in [0.717, 1.165) is 28.5 Å². The summed E-state index contributed by atoms with van der Waals surface area (Å²) in [4.78, 5) is 10.8. The summed E-state index contributed by atoms with van der Waals surface area (Å²) in [7, 11) is -3.82. The van der Waals surface area contributed by atoms with Crippen molar-refractivity contribution in [2.45, 2.75) is 18.7 Å². The van der Waals surface area contributed by atoms with E-state index in [1.807, 2.05) is 13.0 Å². The Morgan fingerprint density at radius 2 is 1.95 bits per heavy atom. The number of rotatable bonds is 4. The summed E-state index contributed by atoms with van der Waals surface area (Å²) in [6, 6.07) is 4.81. The molecule has 1 aromatic heterocycles. The number of carbonyl (C=O) groups is 1. The van der Waals surface area contributed by atoms with Gasteiger partial charge in [-0.05, 0) is 53.0 Å². The SMILES string of the molecule is Cc1cc(C)c(NS(=O)(=O)c2csc(C(=O)O)c2)c(Br)c1. The zero-order valence-electron chi connectivity index (χ0n) is 11.2. The van der Waals surface area contributed by atoms with E-state index in [4.69, 9.17) is 5.11 Å². The number of aromatic carboxylic acids is 1. The van der Waals surface area contributed by atoms with E-state index in [-0.39, 0.29) is 9.77 Å². The first-order valence-corrected chi connectivity index (χ1v) is 8.97. The Hall–Kier alpha value is -1.38. The number of anilines is 1. The van der Waals surface area contributed by atoms with Crippen LogP contribution in [0.15, 0.2) is 32.9 Å². The predicted molar refractivity (Wildman–Crippen MR) is 85.7 cm³/mol. The van der Waals surface area contributed by atoms with Crippen LogP contribution in [0.25, 0.3) is 0 Å². The minimum absolute atomic E-state index is 0.0185. The van der Waals surface area contributed by atoms with Gasteiger partial charge in [0.2, 0.25) is 0 Å². The number of aryl methyl sites for hydroxylation is 2. The molecular weight excluding hydrogens is 378 g/mol. The molecule has 0 spiro atoms. The summed E-state index contributed by atoms with van der Waals surface area (Å²) in [6.07, 6.45) is 0. The standard InChI is InChI=1S/C13H12BrNO4S2/c1-7-3-8(2)12(10(14)4-7)15-21(18,19)9-5-11(13(16)17)20-6-9/h3-6,15H,1-2H3,(H,16,17). The summed E-state index contributed by atoms with van der Waals surface area (Å²) in [5.41, 5.74) is 2.23. The Bertz CT molecular complexity index is 788. The molecular formula is C13H12BrNO4S2. The molecule has 2 rings (SSSR count). The second-order valence-corrected chi connectivity index (χ2v) is 7.94. The van der Waals surface area contributed by atoms with Crippen molar-refractivity contribution >= 4 is 48.9 Å². The summed E-state index contributed by atoms with van der Waals surface area (Å²) >= 11 is 4.21. The van der Waals surface area contributed by atoms with Gasteiger partial charge in [-0.2, -0.15) is 0 Å². The van der Waals surface area contributed by atoms with Crippen LogP contribution in [-0.2, 0) is 10.0 Å². The number of carboxylic acid groups (broad SMARTS) is 1. The van der Waals surface area contributed by atoms with Crippen molar-refractivity contribution < 1.29 is 18.3 Å². The molecule has 21 heavy (non-hydrogen) atoms. The molecule has 0 amide bonds. The minimum atomic E-state index is -3.82. The van der Waals surface area contributed by atoms with Gasteiger partial charge in [0, 0.05) is 9.85 Å². The van der Waals surface area contributed by atoms with Crippen molar-refractivity contribution in [1.29, 1.82) is 0 Å². The van der Waals surface area contributed by atoms with Gasteiger partial charge < -0.3 is 5.11 Å². The first-order chi connectivity index (χ1) is 9.70. The maximum atomic E-state index is 12.3. The van der Waals surface area contributed by atoms with E-state index in [1.165, 1.54) is 5.38 Å². The van der Waals surface area contributed by atoms with Gasteiger partial charge in [-0.3, -0.25) is 4.72 Å². The van der Waals surface area contributed by atoms with Gasteiger partial charge in [0.1, 0.15) is 4.88 Å². The van der Waals surface area contributed by atoms with Crippen molar-refractivity contribution in [2.24, 2.45) is 0 Å². The number of thiophene rings is 1. The highest BCUT2D eigenvalue weighted by molar-refractivity contribution is 9.10. The van der Waals surface area contributed by atoms with Crippen LogP contribution in [-0.4, -0.2) is 19.5 Å². The predicted octanol–water partition coefficient (Wildman–Crippen LogP) is 3.63. The summed E-state index contributed by atoms with van der Waals surface area (Å²) in [6.45, 7) is 3.71. The number of hydrogen-bond donors (Lipinski definition) is 2. The zero-order chi connectivity index (χ0) is 15.8. The molecule has 2 aromatic rings. The van der Waals surface area contributed by atoms with Crippen LogP contribution in [0.1, 0.15) is 20.8 Å². The van der Waals surface area contributed by atoms with Gasteiger partial charge in [0.15, 0.2) is 0 Å². The second kappa shape index (κ2) is 5.78. The van der Waals surface area contributed by atoms with E-state index in [9.17, 15) is 13.2 Å². The lowest BCUT2D eigenvalue weighted by Crippen LogP contribution is -2.13. The molecule has 0 fully saturated rings.